The van der Waals surface area contributed by atoms with E-state index in [1.165, 1.54) is 18.9 Å². The SMILES string of the molecule is OC(CNC1CC1)c1ccccc1F. The van der Waals surface area contributed by atoms with Crippen LogP contribution in [0.3, 0.4) is 0 Å². The van der Waals surface area contributed by atoms with Crippen LogP contribution in [-0.4, -0.2) is 17.7 Å². The van der Waals surface area contributed by atoms with E-state index in [2.05, 4.69) is 5.32 Å². The quantitative estimate of drug-likeness (QED) is 0.765. The molecule has 0 saturated heterocycles. The van der Waals surface area contributed by atoms with Crippen molar-refractivity contribution in [2.75, 3.05) is 6.54 Å². The van der Waals surface area contributed by atoms with Gasteiger partial charge in [0.2, 0.25) is 0 Å². The van der Waals surface area contributed by atoms with Crippen LogP contribution < -0.4 is 5.32 Å². The number of hydrogen-bond donors (Lipinski definition) is 2. The number of nitrogens with one attached hydrogen (secondary N) is 1. The second kappa shape index (κ2) is 4.07. The molecule has 2 nitrogen and oxygen atoms in total. The smallest absolute Gasteiger partial charge is 0.129 e. The van der Waals surface area contributed by atoms with E-state index in [1.54, 1.807) is 18.2 Å². The maximum absolute atomic E-state index is 13.2. The number of rotatable bonds is 4. The van der Waals surface area contributed by atoms with E-state index in [0.29, 0.717) is 18.2 Å². The van der Waals surface area contributed by atoms with Crippen LogP contribution in [0.4, 0.5) is 4.39 Å². The van der Waals surface area contributed by atoms with Crippen molar-refractivity contribution in [2.45, 2.75) is 25.0 Å². The third kappa shape index (κ3) is 2.30. The van der Waals surface area contributed by atoms with E-state index in [9.17, 15) is 9.50 Å². The average molecular weight is 195 g/mol. The van der Waals surface area contributed by atoms with Gasteiger partial charge in [-0.25, -0.2) is 4.39 Å². The lowest BCUT2D eigenvalue weighted by Crippen LogP contribution is -2.23. The minimum atomic E-state index is -0.739. The first-order chi connectivity index (χ1) is 6.77. The summed E-state index contributed by atoms with van der Waals surface area (Å²) in [6.45, 7) is 0.436. The van der Waals surface area contributed by atoms with E-state index >= 15 is 0 Å². The molecule has 14 heavy (non-hydrogen) atoms. The van der Waals surface area contributed by atoms with Gasteiger partial charge in [-0.1, -0.05) is 18.2 Å². The minimum Gasteiger partial charge on any atom is -0.387 e. The van der Waals surface area contributed by atoms with Crippen LogP contribution in [-0.2, 0) is 0 Å². The fraction of sp³-hybridized carbons (Fsp3) is 0.455. The summed E-state index contributed by atoms with van der Waals surface area (Å²) in [5, 5.41) is 12.8. The number of hydrogen-bond acceptors (Lipinski definition) is 2. The first-order valence-corrected chi connectivity index (χ1v) is 4.93. The van der Waals surface area contributed by atoms with Crippen molar-refractivity contribution in [3.8, 4) is 0 Å². The predicted octanol–water partition coefficient (Wildman–Crippen LogP) is 1.61. The van der Waals surface area contributed by atoms with E-state index in [1.807, 2.05) is 0 Å². The molecule has 1 fully saturated rings. The zero-order valence-corrected chi connectivity index (χ0v) is 7.91. The van der Waals surface area contributed by atoms with E-state index in [-0.39, 0.29) is 5.82 Å². The zero-order valence-electron chi connectivity index (χ0n) is 7.91. The largest absolute Gasteiger partial charge is 0.387 e. The first-order valence-electron chi connectivity index (χ1n) is 4.93. The van der Waals surface area contributed by atoms with Crippen molar-refractivity contribution in [3.63, 3.8) is 0 Å². The summed E-state index contributed by atoms with van der Waals surface area (Å²) >= 11 is 0. The maximum atomic E-state index is 13.2. The van der Waals surface area contributed by atoms with Crippen molar-refractivity contribution in [2.24, 2.45) is 0 Å². The monoisotopic (exact) mass is 195 g/mol. The Bertz CT molecular complexity index is 312. The van der Waals surface area contributed by atoms with Crippen molar-refractivity contribution in [1.29, 1.82) is 0 Å². The summed E-state index contributed by atoms with van der Waals surface area (Å²) in [7, 11) is 0. The van der Waals surface area contributed by atoms with Gasteiger partial charge >= 0.3 is 0 Å². The molecular weight excluding hydrogens is 181 g/mol. The molecular formula is C11H14FNO. The van der Waals surface area contributed by atoms with Gasteiger partial charge in [0.15, 0.2) is 0 Å². The van der Waals surface area contributed by atoms with Gasteiger partial charge in [0.05, 0.1) is 6.10 Å². The Morgan fingerprint density at radius 2 is 2.14 bits per heavy atom. The normalized spacial score (nSPS) is 18.1. The van der Waals surface area contributed by atoms with Gasteiger partial charge in [-0.2, -0.15) is 0 Å². The number of halogens is 1. The van der Waals surface area contributed by atoms with E-state index in [0.717, 1.165) is 0 Å². The molecule has 0 heterocycles. The highest BCUT2D eigenvalue weighted by Crippen LogP contribution is 2.21. The topological polar surface area (TPSA) is 32.3 Å². The van der Waals surface area contributed by atoms with Crippen LogP contribution in [0.1, 0.15) is 24.5 Å². The van der Waals surface area contributed by atoms with Crippen molar-refractivity contribution in [1.82, 2.24) is 5.32 Å². The van der Waals surface area contributed by atoms with E-state index in [4.69, 9.17) is 0 Å². The molecule has 3 heteroatoms. The molecule has 0 aliphatic heterocycles. The summed E-state index contributed by atoms with van der Waals surface area (Å²) in [5.41, 5.74) is 0.376. The van der Waals surface area contributed by atoms with Gasteiger partial charge in [-0.05, 0) is 18.9 Å². The van der Waals surface area contributed by atoms with Crippen molar-refractivity contribution >= 4 is 0 Å². The second-order valence-electron chi connectivity index (χ2n) is 3.72. The highest BCUT2D eigenvalue weighted by atomic mass is 19.1. The molecule has 2 rings (SSSR count). The molecule has 0 bridgehead atoms. The fourth-order valence-corrected chi connectivity index (χ4v) is 1.42. The summed E-state index contributed by atoms with van der Waals surface area (Å²) in [6, 6.07) is 6.89. The Morgan fingerprint density at radius 1 is 1.43 bits per heavy atom. The van der Waals surface area contributed by atoms with Gasteiger partial charge in [-0.3, -0.25) is 0 Å². The van der Waals surface area contributed by atoms with Gasteiger partial charge < -0.3 is 10.4 Å². The fourth-order valence-electron chi connectivity index (χ4n) is 1.42. The molecule has 76 valence electrons. The third-order valence-electron chi connectivity index (χ3n) is 2.44. The van der Waals surface area contributed by atoms with Crippen LogP contribution in [0, 0.1) is 5.82 Å². The van der Waals surface area contributed by atoms with Gasteiger partial charge in [0.1, 0.15) is 5.82 Å². The average Bonchev–Trinajstić information content (AvgIpc) is 2.98. The second-order valence-corrected chi connectivity index (χ2v) is 3.72. The molecule has 1 atom stereocenters. The van der Waals surface area contributed by atoms with Gasteiger partial charge in [0, 0.05) is 18.2 Å². The highest BCUT2D eigenvalue weighted by Gasteiger charge is 2.22. The first kappa shape index (κ1) is 9.62. The molecule has 1 aliphatic carbocycles. The Labute approximate surface area is 82.8 Å². The maximum Gasteiger partial charge on any atom is 0.129 e. The molecule has 1 aromatic carbocycles. The number of aliphatic hydroxyl groups is 1. The van der Waals surface area contributed by atoms with Crippen LogP contribution >= 0.6 is 0 Å². The Morgan fingerprint density at radius 3 is 2.79 bits per heavy atom. The van der Waals surface area contributed by atoms with Gasteiger partial charge in [-0.15, -0.1) is 0 Å². The van der Waals surface area contributed by atoms with Crippen molar-refractivity contribution < 1.29 is 9.50 Å². The summed E-state index contributed by atoms with van der Waals surface area (Å²) in [6.07, 6.45) is 1.60. The molecule has 1 aromatic rings. The molecule has 0 amide bonds. The van der Waals surface area contributed by atoms with E-state index < -0.39 is 6.10 Å². The lowest BCUT2D eigenvalue weighted by atomic mass is 10.1. The summed E-state index contributed by atoms with van der Waals surface area (Å²) in [5.74, 6) is -0.336. The zero-order chi connectivity index (χ0) is 9.97. The molecule has 0 radical (unpaired) electrons. The molecule has 0 aromatic heterocycles. The minimum absolute atomic E-state index is 0.336. The molecule has 1 aliphatic rings. The van der Waals surface area contributed by atoms with Crippen LogP contribution in [0.5, 0.6) is 0 Å². The molecule has 2 N–H and O–H groups in total. The van der Waals surface area contributed by atoms with Crippen molar-refractivity contribution in [3.05, 3.63) is 35.6 Å². The van der Waals surface area contributed by atoms with Crippen LogP contribution in [0.25, 0.3) is 0 Å². The Kier molecular flexibility index (Phi) is 2.79. The summed E-state index contributed by atoms with van der Waals surface area (Å²) in [4.78, 5) is 0. The predicted molar refractivity (Wildman–Crippen MR) is 52.4 cm³/mol. The number of aliphatic hydroxyl groups excluding tert-OH is 1. The lowest BCUT2D eigenvalue weighted by Gasteiger charge is -2.12. The van der Waals surface area contributed by atoms with Crippen LogP contribution in [0.15, 0.2) is 24.3 Å². The Hall–Kier alpha value is -0.930. The summed E-state index contributed by atoms with van der Waals surface area (Å²) < 4.78 is 13.2. The number of benzene rings is 1. The lowest BCUT2D eigenvalue weighted by molar-refractivity contribution is 0.169. The third-order valence-corrected chi connectivity index (χ3v) is 2.44. The molecule has 1 unspecified atom stereocenters. The highest BCUT2D eigenvalue weighted by molar-refractivity contribution is 5.20. The Balaban J connectivity index is 1.95. The molecule has 1 saturated carbocycles. The standard InChI is InChI=1S/C11H14FNO/c12-10-4-2-1-3-9(10)11(14)7-13-8-5-6-8/h1-4,8,11,13-14H,5-7H2. The van der Waals surface area contributed by atoms with Gasteiger partial charge in [0.25, 0.3) is 0 Å². The molecule has 0 spiro atoms. The van der Waals surface area contributed by atoms with Crippen LogP contribution in [0.2, 0.25) is 0 Å².